The van der Waals surface area contributed by atoms with E-state index in [-0.39, 0.29) is 16.3 Å². The van der Waals surface area contributed by atoms with Gasteiger partial charge in [0.15, 0.2) is 6.61 Å². The van der Waals surface area contributed by atoms with Gasteiger partial charge in [0.2, 0.25) is 21.8 Å². The Kier molecular flexibility index (Phi) is 8.04. The fraction of sp³-hybridized carbons (Fsp3) is 0.172. The van der Waals surface area contributed by atoms with Gasteiger partial charge >= 0.3 is 11.0 Å². The van der Waals surface area contributed by atoms with Crippen molar-refractivity contribution < 1.29 is 40.7 Å². The first-order chi connectivity index (χ1) is 21.7. The van der Waals surface area contributed by atoms with Crippen molar-refractivity contribution in [2.24, 2.45) is 11.1 Å². The van der Waals surface area contributed by atoms with Crippen molar-refractivity contribution in [1.29, 1.82) is 0 Å². The Balaban J connectivity index is 1.27. The molecule has 0 bridgehead atoms. The number of anilines is 2. The SMILES string of the molecule is NS(=O)(=O)c1ccc(NC(=O)COc2cccc([C@H]3c4sc(=O)[nH]c4SC4C(=O)N(c5ccccc5C(F)(F)F)C(=O)C43)c2)cc1. The van der Waals surface area contributed by atoms with E-state index in [0.29, 0.717) is 20.4 Å². The number of aromatic amines is 1. The summed E-state index contributed by atoms with van der Waals surface area (Å²) < 4.78 is 70.1. The van der Waals surface area contributed by atoms with E-state index in [1.807, 2.05) is 0 Å². The molecule has 0 aliphatic carbocycles. The Labute approximate surface area is 266 Å². The molecule has 3 aromatic carbocycles. The monoisotopic (exact) mass is 690 g/mol. The fourth-order valence-corrected chi connectivity index (χ4v) is 8.42. The first kappa shape index (κ1) is 31.5. The third-order valence-corrected chi connectivity index (χ3v) is 10.7. The number of benzene rings is 3. The Morgan fingerprint density at radius 2 is 1.72 bits per heavy atom. The molecule has 2 aliphatic rings. The molecule has 1 fully saturated rings. The lowest BCUT2D eigenvalue weighted by Crippen LogP contribution is -2.33. The number of halogens is 3. The largest absolute Gasteiger partial charge is 0.484 e. The number of fused-ring (bicyclic) bond motifs is 2. The zero-order chi connectivity index (χ0) is 33.0. The lowest BCUT2D eigenvalue weighted by molar-refractivity contribution is -0.137. The van der Waals surface area contributed by atoms with Gasteiger partial charge in [-0.3, -0.25) is 19.2 Å². The molecule has 0 saturated carbocycles. The highest BCUT2D eigenvalue weighted by molar-refractivity contribution is 8.00. The summed E-state index contributed by atoms with van der Waals surface area (Å²) in [6.07, 6.45) is -4.83. The second-order valence-electron chi connectivity index (χ2n) is 10.3. The first-order valence-corrected chi connectivity index (χ1v) is 16.6. The molecule has 2 unspecified atom stereocenters. The number of imide groups is 1. The van der Waals surface area contributed by atoms with Crippen molar-refractivity contribution in [2.75, 3.05) is 16.8 Å². The van der Waals surface area contributed by atoms with Gasteiger partial charge in [-0.15, -0.1) is 0 Å². The summed E-state index contributed by atoms with van der Waals surface area (Å²) in [6, 6.07) is 15.8. The van der Waals surface area contributed by atoms with E-state index in [1.54, 1.807) is 18.2 Å². The second kappa shape index (κ2) is 11.7. The minimum Gasteiger partial charge on any atom is -0.484 e. The molecule has 11 nitrogen and oxygen atoms in total. The van der Waals surface area contributed by atoms with Crippen LogP contribution in [0.3, 0.4) is 0 Å². The van der Waals surface area contributed by atoms with Crippen LogP contribution in [0.15, 0.2) is 87.5 Å². The van der Waals surface area contributed by atoms with E-state index in [4.69, 9.17) is 9.88 Å². The van der Waals surface area contributed by atoms with Gasteiger partial charge in [0.05, 0.1) is 27.1 Å². The van der Waals surface area contributed by atoms with Gasteiger partial charge in [-0.05, 0) is 54.1 Å². The summed E-state index contributed by atoms with van der Waals surface area (Å²) >= 11 is 1.76. The number of carbonyl (C=O) groups excluding carboxylic acids is 3. The number of hydrogen-bond donors (Lipinski definition) is 3. The normalized spacial score (nSPS) is 19.5. The van der Waals surface area contributed by atoms with Gasteiger partial charge in [0, 0.05) is 16.5 Å². The highest BCUT2D eigenvalue weighted by Crippen LogP contribution is 2.54. The van der Waals surface area contributed by atoms with Crippen molar-refractivity contribution in [3.8, 4) is 5.75 Å². The van der Waals surface area contributed by atoms with Crippen LogP contribution in [-0.2, 0) is 30.6 Å². The number of H-pyrrole nitrogens is 1. The number of nitrogens with zero attached hydrogens (tertiary/aromatic N) is 1. The summed E-state index contributed by atoms with van der Waals surface area (Å²) in [5.74, 6) is -4.08. The van der Waals surface area contributed by atoms with Crippen molar-refractivity contribution in [3.05, 3.63) is 98.5 Å². The van der Waals surface area contributed by atoms with Gasteiger partial charge in [-0.25, -0.2) is 18.5 Å². The average Bonchev–Trinajstić information content (AvgIpc) is 3.49. The molecule has 238 valence electrons. The van der Waals surface area contributed by atoms with Crippen LogP contribution >= 0.6 is 23.1 Å². The Morgan fingerprint density at radius 3 is 2.41 bits per heavy atom. The molecule has 0 spiro atoms. The van der Waals surface area contributed by atoms with Crippen molar-refractivity contribution >= 4 is 62.2 Å². The number of ether oxygens (including phenoxy) is 1. The molecular formula is C29H21F3N4O7S3. The highest BCUT2D eigenvalue weighted by Gasteiger charge is 2.57. The van der Waals surface area contributed by atoms with Crippen LogP contribution in [0.25, 0.3) is 0 Å². The Bertz CT molecular complexity index is 2050. The number of thioether (sulfide) groups is 1. The number of hydrogen-bond acceptors (Lipinski definition) is 9. The predicted octanol–water partition coefficient (Wildman–Crippen LogP) is 3.92. The summed E-state index contributed by atoms with van der Waals surface area (Å²) in [5.41, 5.74) is -0.973. The van der Waals surface area contributed by atoms with Crippen molar-refractivity contribution in [1.82, 2.24) is 4.98 Å². The van der Waals surface area contributed by atoms with E-state index < -0.39 is 73.7 Å². The van der Waals surface area contributed by atoms with Crippen LogP contribution in [0.5, 0.6) is 5.75 Å². The van der Waals surface area contributed by atoms with Crippen LogP contribution in [0.1, 0.15) is 21.9 Å². The number of para-hydroxylation sites is 1. The lowest BCUT2D eigenvalue weighted by Gasteiger charge is -2.30. The summed E-state index contributed by atoms with van der Waals surface area (Å²) in [5, 5.41) is 6.86. The van der Waals surface area contributed by atoms with E-state index >= 15 is 0 Å². The highest BCUT2D eigenvalue weighted by atomic mass is 32.2. The number of thiazole rings is 1. The number of aromatic nitrogens is 1. The topological polar surface area (TPSA) is 169 Å². The third-order valence-electron chi connectivity index (χ3n) is 7.33. The molecule has 1 aromatic heterocycles. The van der Waals surface area contributed by atoms with Gasteiger partial charge < -0.3 is 15.0 Å². The van der Waals surface area contributed by atoms with E-state index in [0.717, 1.165) is 35.2 Å². The number of nitrogens with two attached hydrogens (primary N) is 1. The summed E-state index contributed by atoms with van der Waals surface area (Å²) in [6.45, 7) is -0.463. The summed E-state index contributed by atoms with van der Waals surface area (Å²) in [7, 11) is -3.91. The maximum Gasteiger partial charge on any atom is 0.418 e. The molecule has 3 atom stereocenters. The number of nitrogens with one attached hydrogen (secondary N) is 2. The van der Waals surface area contributed by atoms with Crippen LogP contribution < -0.4 is 25.0 Å². The first-order valence-electron chi connectivity index (χ1n) is 13.3. The van der Waals surface area contributed by atoms with E-state index in [9.17, 15) is 40.8 Å². The van der Waals surface area contributed by atoms with Crippen LogP contribution in [0, 0.1) is 5.92 Å². The quantitative estimate of drug-likeness (QED) is 0.245. The number of rotatable bonds is 7. The van der Waals surface area contributed by atoms with Crippen LogP contribution in [-0.4, -0.2) is 43.0 Å². The smallest absolute Gasteiger partial charge is 0.418 e. The second-order valence-corrected chi connectivity index (χ2v) is 14.0. The zero-order valence-corrected chi connectivity index (χ0v) is 25.6. The molecule has 17 heteroatoms. The number of sulfonamides is 1. The molecule has 4 aromatic rings. The maximum atomic E-state index is 13.9. The third kappa shape index (κ3) is 5.93. The van der Waals surface area contributed by atoms with Crippen LogP contribution in [0.2, 0.25) is 0 Å². The number of carbonyl (C=O) groups is 3. The Morgan fingerprint density at radius 1 is 1.00 bits per heavy atom. The molecule has 46 heavy (non-hydrogen) atoms. The number of alkyl halides is 3. The van der Waals surface area contributed by atoms with Crippen molar-refractivity contribution in [3.63, 3.8) is 0 Å². The average molecular weight is 691 g/mol. The van der Waals surface area contributed by atoms with E-state index in [2.05, 4.69) is 10.3 Å². The minimum atomic E-state index is -4.83. The van der Waals surface area contributed by atoms with Gasteiger partial charge in [-0.1, -0.05) is 47.4 Å². The van der Waals surface area contributed by atoms with E-state index in [1.165, 1.54) is 42.5 Å². The van der Waals surface area contributed by atoms with Crippen molar-refractivity contribution in [2.45, 2.75) is 27.3 Å². The minimum absolute atomic E-state index is 0.132. The molecule has 6 rings (SSSR count). The predicted molar refractivity (Wildman–Crippen MR) is 162 cm³/mol. The molecule has 1 saturated heterocycles. The Hall–Kier alpha value is -4.45. The molecule has 3 amide bonds. The van der Waals surface area contributed by atoms with Gasteiger partial charge in [0.1, 0.15) is 11.0 Å². The maximum absolute atomic E-state index is 13.9. The molecule has 3 heterocycles. The van der Waals surface area contributed by atoms with Gasteiger partial charge in [0.25, 0.3) is 5.91 Å². The molecule has 2 aliphatic heterocycles. The lowest BCUT2D eigenvalue weighted by atomic mass is 9.83. The zero-order valence-electron chi connectivity index (χ0n) is 23.1. The summed E-state index contributed by atoms with van der Waals surface area (Å²) in [4.78, 5) is 55.5. The number of primary sulfonamides is 1. The molecule has 0 radical (unpaired) electrons. The fourth-order valence-electron chi connectivity index (χ4n) is 5.39. The standard InChI is InChI=1S/C29H21F3N4O7S3/c30-29(31,32)18-6-1-2-7-19(18)36-26(38)22-21(23-25(35-28(40)45-23)44-24(22)27(36)39)14-4-3-5-16(12-14)43-13-20(37)34-15-8-10-17(11-9-15)46(33,41)42/h1-12,21-22,24H,13H2,(H,34,37)(H,35,40)(H2,33,41,42)/t21-,22?,24?/m1/s1. The van der Waals surface area contributed by atoms with Crippen LogP contribution in [0.4, 0.5) is 24.5 Å². The van der Waals surface area contributed by atoms with Gasteiger partial charge in [-0.2, -0.15) is 13.2 Å². The molecule has 4 N–H and O–H groups in total. The molecular weight excluding hydrogens is 670 g/mol. The number of amides is 3.